The maximum atomic E-state index is 5.95. The molecule has 0 saturated carbocycles. The molecule has 0 bridgehead atoms. The lowest BCUT2D eigenvalue weighted by Crippen LogP contribution is -2.29. The van der Waals surface area contributed by atoms with Crippen LogP contribution in [0.3, 0.4) is 0 Å². The number of benzene rings is 1. The molecule has 1 aromatic carbocycles. The fraction of sp³-hybridized carbons (Fsp3) is 0.455. The van der Waals surface area contributed by atoms with Gasteiger partial charge in [0.05, 0.1) is 17.4 Å². The van der Waals surface area contributed by atoms with Crippen LogP contribution in [-0.4, -0.2) is 12.6 Å². The Balaban J connectivity index is 2.57. The van der Waals surface area contributed by atoms with E-state index < -0.39 is 0 Å². The molecule has 1 aromatic rings. The first-order valence-corrected chi connectivity index (χ1v) is 4.88. The highest BCUT2D eigenvalue weighted by Crippen LogP contribution is 2.39. The van der Waals surface area contributed by atoms with E-state index in [1.165, 1.54) is 5.56 Å². The maximum Gasteiger partial charge on any atom is 0.165 e. The van der Waals surface area contributed by atoms with Crippen LogP contribution in [0.2, 0.25) is 0 Å². The number of ether oxygens (including phenoxy) is 1. The molecule has 3 nitrogen and oxygen atoms in total. The van der Waals surface area contributed by atoms with Crippen molar-refractivity contribution in [2.45, 2.75) is 26.8 Å². The van der Waals surface area contributed by atoms with Crippen LogP contribution < -0.4 is 15.8 Å². The molecule has 1 unspecified atom stereocenters. The summed E-state index contributed by atoms with van der Waals surface area (Å²) >= 11 is 0. The van der Waals surface area contributed by atoms with Crippen LogP contribution in [0.15, 0.2) is 6.07 Å². The lowest BCUT2D eigenvalue weighted by atomic mass is 10.1. The Morgan fingerprint density at radius 1 is 1.43 bits per heavy atom. The van der Waals surface area contributed by atoms with Gasteiger partial charge in [0.15, 0.2) is 5.75 Å². The van der Waals surface area contributed by atoms with Gasteiger partial charge in [-0.15, -0.1) is 0 Å². The van der Waals surface area contributed by atoms with Crippen molar-refractivity contribution >= 4 is 11.4 Å². The molecular weight excluding hydrogens is 176 g/mol. The molecular formula is C11H16N2O. The summed E-state index contributed by atoms with van der Waals surface area (Å²) in [6.45, 7) is 6.85. The second-order valence-corrected chi connectivity index (χ2v) is 3.98. The molecule has 0 fully saturated rings. The molecule has 2 rings (SSSR count). The first-order valence-electron chi connectivity index (χ1n) is 4.88. The van der Waals surface area contributed by atoms with Gasteiger partial charge in [0, 0.05) is 0 Å². The third-order valence-electron chi connectivity index (χ3n) is 2.59. The van der Waals surface area contributed by atoms with Crippen LogP contribution in [0.5, 0.6) is 5.75 Å². The van der Waals surface area contributed by atoms with Crippen molar-refractivity contribution in [3.05, 3.63) is 17.2 Å². The Labute approximate surface area is 84.3 Å². The van der Waals surface area contributed by atoms with Crippen LogP contribution in [-0.2, 0) is 0 Å². The monoisotopic (exact) mass is 192 g/mol. The molecule has 1 heterocycles. The van der Waals surface area contributed by atoms with Crippen molar-refractivity contribution in [1.82, 2.24) is 0 Å². The smallest absolute Gasteiger partial charge is 0.165 e. The average Bonchev–Trinajstić information content (AvgIpc) is 2.14. The number of fused-ring (bicyclic) bond motifs is 1. The van der Waals surface area contributed by atoms with Crippen molar-refractivity contribution in [3.63, 3.8) is 0 Å². The third-order valence-corrected chi connectivity index (χ3v) is 2.59. The molecule has 0 aliphatic carbocycles. The summed E-state index contributed by atoms with van der Waals surface area (Å²) < 4.78 is 5.64. The number of aryl methyl sites for hydroxylation is 2. The fourth-order valence-corrected chi connectivity index (χ4v) is 1.79. The number of anilines is 2. The fourth-order valence-electron chi connectivity index (χ4n) is 1.79. The van der Waals surface area contributed by atoms with Crippen LogP contribution in [0.25, 0.3) is 0 Å². The van der Waals surface area contributed by atoms with E-state index >= 15 is 0 Å². The van der Waals surface area contributed by atoms with E-state index in [-0.39, 0.29) is 0 Å². The van der Waals surface area contributed by atoms with Crippen LogP contribution in [0, 0.1) is 13.8 Å². The summed E-state index contributed by atoms with van der Waals surface area (Å²) in [4.78, 5) is 0. The summed E-state index contributed by atoms with van der Waals surface area (Å²) in [5.41, 5.74) is 10.0. The highest BCUT2D eigenvalue weighted by atomic mass is 16.5. The average molecular weight is 192 g/mol. The molecule has 3 N–H and O–H groups in total. The Morgan fingerprint density at radius 2 is 2.14 bits per heavy atom. The number of nitrogen functional groups attached to an aromatic ring is 1. The van der Waals surface area contributed by atoms with E-state index in [9.17, 15) is 0 Å². The van der Waals surface area contributed by atoms with Gasteiger partial charge in [0.2, 0.25) is 0 Å². The normalized spacial score (nSPS) is 19.5. The Morgan fingerprint density at radius 3 is 2.86 bits per heavy atom. The largest absolute Gasteiger partial charge is 0.487 e. The quantitative estimate of drug-likeness (QED) is 0.619. The van der Waals surface area contributed by atoms with Gasteiger partial charge in [-0.1, -0.05) is 6.07 Å². The Hall–Kier alpha value is -1.38. The molecule has 14 heavy (non-hydrogen) atoms. The van der Waals surface area contributed by atoms with Gasteiger partial charge in [-0.05, 0) is 31.9 Å². The standard InChI is InChI=1S/C11H16N2O/c1-6-4-7(2)10-11(9(6)12)14-5-8(3)13-10/h4,8,13H,5,12H2,1-3H3. The Bertz CT molecular complexity index is 374. The number of rotatable bonds is 0. The van der Waals surface area contributed by atoms with Crippen molar-refractivity contribution in [1.29, 1.82) is 0 Å². The lowest BCUT2D eigenvalue weighted by molar-refractivity contribution is 0.293. The molecule has 76 valence electrons. The van der Waals surface area contributed by atoms with Gasteiger partial charge < -0.3 is 15.8 Å². The summed E-state index contributed by atoms with van der Waals surface area (Å²) in [7, 11) is 0. The molecule has 1 aliphatic rings. The molecule has 0 saturated heterocycles. The van der Waals surface area contributed by atoms with Gasteiger partial charge in [0.1, 0.15) is 6.61 Å². The minimum absolute atomic E-state index is 0.350. The summed E-state index contributed by atoms with van der Waals surface area (Å²) in [5, 5.41) is 3.39. The van der Waals surface area contributed by atoms with Crippen molar-refractivity contribution < 1.29 is 4.74 Å². The molecule has 3 heteroatoms. The topological polar surface area (TPSA) is 47.3 Å². The number of hydrogen-bond acceptors (Lipinski definition) is 3. The highest BCUT2D eigenvalue weighted by molar-refractivity contribution is 5.76. The molecule has 0 amide bonds. The second kappa shape index (κ2) is 3.08. The highest BCUT2D eigenvalue weighted by Gasteiger charge is 2.20. The molecule has 1 atom stereocenters. The minimum atomic E-state index is 0.350. The van der Waals surface area contributed by atoms with Gasteiger partial charge in [0.25, 0.3) is 0 Å². The van der Waals surface area contributed by atoms with Crippen LogP contribution in [0.1, 0.15) is 18.1 Å². The zero-order chi connectivity index (χ0) is 10.3. The number of nitrogens with two attached hydrogens (primary N) is 1. The zero-order valence-electron chi connectivity index (χ0n) is 8.85. The predicted molar refractivity (Wildman–Crippen MR) is 58.9 cm³/mol. The summed E-state index contributed by atoms with van der Waals surface area (Å²) in [5.74, 6) is 0.820. The van der Waals surface area contributed by atoms with E-state index in [4.69, 9.17) is 10.5 Å². The first kappa shape index (κ1) is 9.19. The number of hydrogen-bond donors (Lipinski definition) is 2. The van der Waals surface area contributed by atoms with Gasteiger partial charge in [-0.25, -0.2) is 0 Å². The van der Waals surface area contributed by atoms with Crippen LogP contribution in [0.4, 0.5) is 11.4 Å². The zero-order valence-corrected chi connectivity index (χ0v) is 8.85. The lowest BCUT2D eigenvalue weighted by Gasteiger charge is -2.28. The van der Waals surface area contributed by atoms with Crippen LogP contribution >= 0.6 is 0 Å². The summed E-state index contributed by atoms with van der Waals surface area (Å²) in [6.07, 6.45) is 0. The maximum absolute atomic E-state index is 5.95. The predicted octanol–water partition coefficient (Wildman–Crippen LogP) is 2.08. The SMILES string of the molecule is Cc1cc(C)c2c(c1N)OCC(C)N2. The van der Waals surface area contributed by atoms with E-state index in [2.05, 4.69) is 25.2 Å². The van der Waals surface area contributed by atoms with Gasteiger partial charge >= 0.3 is 0 Å². The minimum Gasteiger partial charge on any atom is -0.487 e. The van der Waals surface area contributed by atoms with E-state index in [0.717, 1.165) is 22.7 Å². The van der Waals surface area contributed by atoms with E-state index in [1.807, 2.05) is 6.92 Å². The van der Waals surface area contributed by atoms with Crippen molar-refractivity contribution in [2.75, 3.05) is 17.7 Å². The second-order valence-electron chi connectivity index (χ2n) is 3.98. The molecule has 0 aromatic heterocycles. The molecule has 0 spiro atoms. The number of nitrogens with one attached hydrogen (secondary N) is 1. The van der Waals surface area contributed by atoms with Crippen molar-refractivity contribution in [2.24, 2.45) is 0 Å². The summed E-state index contributed by atoms with van der Waals surface area (Å²) in [6, 6.07) is 2.44. The molecule has 0 radical (unpaired) electrons. The van der Waals surface area contributed by atoms with Gasteiger partial charge in [-0.2, -0.15) is 0 Å². The third kappa shape index (κ3) is 1.29. The molecule has 1 aliphatic heterocycles. The van der Waals surface area contributed by atoms with E-state index in [0.29, 0.717) is 12.6 Å². The van der Waals surface area contributed by atoms with E-state index in [1.54, 1.807) is 0 Å². The Kier molecular flexibility index (Phi) is 2.02. The van der Waals surface area contributed by atoms with Gasteiger partial charge in [-0.3, -0.25) is 0 Å². The first-order chi connectivity index (χ1) is 6.59. The van der Waals surface area contributed by atoms with Crippen molar-refractivity contribution in [3.8, 4) is 5.75 Å².